The first kappa shape index (κ1) is 17.0. The molecule has 0 saturated heterocycles. The summed E-state index contributed by atoms with van der Waals surface area (Å²) in [5, 5.41) is 9.06. The highest BCUT2D eigenvalue weighted by Crippen LogP contribution is 2.38. The number of hydrogen-bond acceptors (Lipinski definition) is 5. The molecule has 3 aromatic rings. The normalized spacial score (nSPS) is 10.8. The van der Waals surface area contributed by atoms with Gasteiger partial charge in [-0.25, -0.2) is 0 Å². The zero-order chi connectivity index (χ0) is 18.0. The van der Waals surface area contributed by atoms with Crippen LogP contribution in [0.5, 0.6) is 17.2 Å². The van der Waals surface area contributed by atoms with Crippen LogP contribution in [0.15, 0.2) is 30.3 Å². The average molecular weight is 341 g/mol. The Morgan fingerprint density at radius 2 is 1.68 bits per heavy atom. The fraction of sp³-hybridized carbons (Fsp3) is 0.316. The molecule has 6 heteroatoms. The van der Waals surface area contributed by atoms with Gasteiger partial charge in [-0.2, -0.15) is 5.10 Å². The maximum atomic E-state index is 5.40. The Hall–Kier alpha value is -2.89. The molecule has 1 aromatic heterocycles. The molecule has 0 fully saturated rings. The molecule has 0 aliphatic carbocycles. The number of benzene rings is 2. The highest BCUT2D eigenvalue weighted by molar-refractivity contribution is 5.85. The van der Waals surface area contributed by atoms with E-state index in [1.54, 1.807) is 21.3 Å². The Labute approximate surface area is 147 Å². The number of nitrogens with one attached hydrogen (secondary N) is 1. The summed E-state index contributed by atoms with van der Waals surface area (Å²) in [4.78, 5) is 0. The summed E-state index contributed by atoms with van der Waals surface area (Å²) in [6.45, 7) is 2.66. The molecule has 0 unspecified atom stereocenters. The molecule has 1 N–H and O–H groups in total. The Bertz CT molecular complexity index is 877. The molecule has 0 spiro atoms. The van der Waals surface area contributed by atoms with Gasteiger partial charge in [-0.05, 0) is 42.8 Å². The minimum Gasteiger partial charge on any atom is -0.493 e. The summed E-state index contributed by atoms with van der Waals surface area (Å²) in [6, 6.07) is 10.2. The van der Waals surface area contributed by atoms with E-state index < -0.39 is 0 Å². The second kappa shape index (κ2) is 6.93. The predicted octanol–water partition coefficient (Wildman–Crippen LogP) is 3.52. The van der Waals surface area contributed by atoms with Crippen LogP contribution in [0.25, 0.3) is 10.9 Å². The van der Waals surface area contributed by atoms with Crippen molar-refractivity contribution in [1.29, 1.82) is 0 Å². The number of hydrogen-bond donors (Lipinski definition) is 1. The second-order valence-electron chi connectivity index (χ2n) is 5.83. The van der Waals surface area contributed by atoms with E-state index in [9.17, 15) is 0 Å². The van der Waals surface area contributed by atoms with Crippen molar-refractivity contribution >= 4 is 16.6 Å². The van der Waals surface area contributed by atoms with Gasteiger partial charge in [0.15, 0.2) is 11.5 Å². The monoisotopic (exact) mass is 341 g/mol. The molecule has 0 radical (unpaired) electrons. The van der Waals surface area contributed by atoms with Gasteiger partial charge in [-0.1, -0.05) is 0 Å². The minimum atomic E-state index is 0.598. The lowest BCUT2D eigenvalue weighted by molar-refractivity contribution is 0.324. The van der Waals surface area contributed by atoms with Crippen LogP contribution in [0, 0.1) is 6.92 Å². The first-order valence-corrected chi connectivity index (χ1v) is 8.03. The van der Waals surface area contributed by atoms with Crippen LogP contribution >= 0.6 is 0 Å². The third-order valence-electron chi connectivity index (χ3n) is 4.26. The van der Waals surface area contributed by atoms with Gasteiger partial charge in [-0.15, -0.1) is 0 Å². The molecule has 0 aliphatic heterocycles. The van der Waals surface area contributed by atoms with E-state index in [1.807, 2.05) is 30.8 Å². The Morgan fingerprint density at radius 1 is 1.00 bits per heavy atom. The van der Waals surface area contributed by atoms with Crippen molar-refractivity contribution in [3.05, 3.63) is 41.6 Å². The summed E-state index contributed by atoms with van der Waals surface area (Å²) in [6.07, 6.45) is 0. The van der Waals surface area contributed by atoms with Crippen molar-refractivity contribution in [3.63, 3.8) is 0 Å². The Balaban J connectivity index is 1.85. The van der Waals surface area contributed by atoms with Gasteiger partial charge in [-0.3, -0.25) is 4.68 Å². The molecule has 0 amide bonds. The van der Waals surface area contributed by atoms with Crippen molar-refractivity contribution in [3.8, 4) is 17.2 Å². The molecule has 0 saturated carbocycles. The molecule has 0 atom stereocenters. The number of ether oxygens (including phenoxy) is 3. The molecule has 1 heterocycles. The topological polar surface area (TPSA) is 57.5 Å². The van der Waals surface area contributed by atoms with Crippen molar-refractivity contribution in [2.24, 2.45) is 7.05 Å². The first-order valence-electron chi connectivity index (χ1n) is 8.03. The third kappa shape index (κ3) is 3.20. The van der Waals surface area contributed by atoms with Crippen molar-refractivity contribution in [2.75, 3.05) is 26.6 Å². The molecular weight excluding hydrogens is 318 g/mol. The van der Waals surface area contributed by atoms with Gasteiger partial charge in [0.25, 0.3) is 0 Å². The molecule has 0 aliphatic rings. The van der Waals surface area contributed by atoms with Crippen LogP contribution in [-0.4, -0.2) is 31.1 Å². The lowest BCUT2D eigenvalue weighted by atomic mass is 10.1. The van der Waals surface area contributed by atoms with E-state index in [2.05, 4.69) is 28.6 Å². The van der Waals surface area contributed by atoms with Crippen LogP contribution in [0.1, 0.15) is 11.3 Å². The zero-order valence-corrected chi connectivity index (χ0v) is 15.2. The van der Waals surface area contributed by atoms with E-state index in [-0.39, 0.29) is 0 Å². The number of nitrogens with zero attached hydrogens (tertiary/aromatic N) is 2. The lowest BCUT2D eigenvalue weighted by Crippen LogP contribution is -2.02. The van der Waals surface area contributed by atoms with Crippen molar-refractivity contribution in [2.45, 2.75) is 13.5 Å². The molecule has 3 rings (SSSR count). The number of aromatic nitrogens is 2. The predicted molar refractivity (Wildman–Crippen MR) is 98.9 cm³/mol. The van der Waals surface area contributed by atoms with Crippen LogP contribution in [0.4, 0.5) is 5.69 Å². The highest BCUT2D eigenvalue weighted by Gasteiger charge is 2.13. The molecular formula is C19H23N3O3. The van der Waals surface area contributed by atoms with Crippen molar-refractivity contribution in [1.82, 2.24) is 9.78 Å². The summed E-state index contributed by atoms with van der Waals surface area (Å²) in [5.74, 6) is 1.90. The standard InChI is InChI=1S/C19H23N3O3/c1-12-15-7-6-14(10-16(15)22(2)21-12)20-11-13-8-17(23-3)19(25-5)18(9-13)24-4/h6-10,20H,11H2,1-5H3. The maximum absolute atomic E-state index is 5.40. The van der Waals surface area contributed by atoms with Gasteiger partial charge < -0.3 is 19.5 Å². The molecule has 6 nitrogen and oxygen atoms in total. The van der Waals surface area contributed by atoms with Crippen LogP contribution in [-0.2, 0) is 13.6 Å². The number of aryl methyl sites for hydroxylation is 2. The van der Waals surface area contributed by atoms with Gasteiger partial charge in [0.1, 0.15) is 0 Å². The summed E-state index contributed by atoms with van der Waals surface area (Å²) in [7, 11) is 6.79. The maximum Gasteiger partial charge on any atom is 0.203 e. The SMILES string of the molecule is COc1cc(CNc2ccc3c(C)nn(C)c3c2)cc(OC)c1OC. The number of fused-ring (bicyclic) bond motifs is 1. The first-order chi connectivity index (χ1) is 12.1. The highest BCUT2D eigenvalue weighted by atomic mass is 16.5. The van der Waals surface area contributed by atoms with Crippen LogP contribution in [0.3, 0.4) is 0 Å². The summed E-state index contributed by atoms with van der Waals surface area (Å²) in [5.41, 5.74) is 4.21. The zero-order valence-electron chi connectivity index (χ0n) is 15.2. The lowest BCUT2D eigenvalue weighted by Gasteiger charge is -2.15. The van der Waals surface area contributed by atoms with E-state index in [0.717, 1.165) is 22.5 Å². The fourth-order valence-electron chi connectivity index (χ4n) is 2.99. The number of rotatable bonds is 6. The van der Waals surface area contributed by atoms with Crippen LogP contribution in [0.2, 0.25) is 0 Å². The van der Waals surface area contributed by atoms with E-state index >= 15 is 0 Å². The molecule has 2 aromatic carbocycles. The fourth-order valence-corrected chi connectivity index (χ4v) is 2.99. The van der Waals surface area contributed by atoms with E-state index in [4.69, 9.17) is 14.2 Å². The Kier molecular flexibility index (Phi) is 4.70. The molecule has 0 bridgehead atoms. The smallest absolute Gasteiger partial charge is 0.203 e. The Morgan fingerprint density at radius 3 is 2.28 bits per heavy atom. The van der Waals surface area contributed by atoms with Gasteiger partial charge in [0.05, 0.1) is 32.5 Å². The van der Waals surface area contributed by atoms with Gasteiger partial charge in [0, 0.05) is 24.7 Å². The van der Waals surface area contributed by atoms with Gasteiger partial charge in [0.2, 0.25) is 5.75 Å². The minimum absolute atomic E-state index is 0.598. The molecule has 25 heavy (non-hydrogen) atoms. The van der Waals surface area contributed by atoms with Crippen LogP contribution < -0.4 is 19.5 Å². The third-order valence-corrected chi connectivity index (χ3v) is 4.26. The largest absolute Gasteiger partial charge is 0.493 e. The van der Waals surface area contributed by atoms with E-state index in [0.29, 0.717) is 23.8 Å². The van der Waals surface area contributed by atoms with Crippen molar-refractivity contribution < 1.29 is 14.2 Å². The average Bonchev–Trinajstić information content (AvgIpc) is 2.92. The quantitative estimate of drug-likeness (QED) is 0.743. The van der Waals surface area contributed by atoms with Gasteiger partial charge >= 0.3 is 0 Å². The summed E-state index contributed by atoms with van der Waals surface area (Å²) < 4.78 is 18.1. The second-order valence-corrected chi connectivity index (χ2v) is 5.83. The molecule has 132 valence electrons. The number of anilines is 1. The number of methoxy groups -OCH3 is 3. The van der Waals surface area contributed by atoms with E-state index in [1.165, 1.54) is 5.39 Å². The summed E-state index contributed by atoms with van der Waals surface area (Å²) >= 11 is 0.